The van der Waals surface area contributed by atoms with E-state index in [0.717, 1.165) is 109 Å². The summed E-state index contributed by atoms with van der Waals surface area (Å²) < 4.78 is 16.8. The highest BCUT2D eigenvalue weighted by Crippen LogP contribution is 2.16. The van der Waals surface area contributed by atoms with Gasteiger partial charge < -0.3 is 14.2 Å². The highest BCUT2D eigenvalue weighted by Gasteiger charge is 2.19. The topological polar surface area (TPSA) is 78.9 Å². The van der Waals surface area contributed by atoms with E-state index >= 15 is 0 Å². The molecule has 0 aliphatic heterocycles. The second kappa shape index (κ2) is 58.9. The van der Waals surface area contributed by atoms with Gasteiger partial charge in [0.1, 0.15) is 13.2 Å². The molecule has 0 aliphatic rings. The van der Waals surface area contributed by atoms with E-state index in [1.54, 1.807) is 0 Å². The number of carbonyl (C=O) groups is 3. The maximum atomic E-state index is 12.8. The standard InChI is InChI=1S/C65H110O6/c1-4-7-10-13-16-19-22-24-26-27-28-29-30-31-32-33-34-35-36-37-39-40-43-46-49-52-55-58-64(67)70-61-62(60-69-63(66)57-54-51-48-45-42-21-18-15-12-9-6-3)71-65(68)59-56-53-50-47-44-41-38-25-23-20-17-14-11-8-5-2/h7,10,16,19,24,26,28-29,31-32,34-35,37,39,43,46,62H,4-6,8-9,11-15,17-18,20-23,25,27,30,33,36,38,40-42,44-45,47-61H2,1-3H3/b10-7-,19-16-,26-24-,29-28-,32-31-,35-34-,39-37-,46-43-. The first-order valence-corrected chi connectivity index (χ1v) is 29.7. The second-order valence-electron chi connectivity index (χ2n) is 19.5. The third kappa shape index (κ3) is 57.1. The van der Waals surface area contributed by atoms with E-state index in [0.29, 0.717) is 19.3 Å². The lowest BCUT2D eigenvalue weighted by atomic mass is 10.0. The van der Waals surface area contributed by atoms with Gasteiger partial charge in [-0.25, -0.2) is 0 Å². The van der Waals surface area contributed by atoms with Gasteiger partial charge in [-0.2, -0.15) is 0 Å². The van der Waals surface area contributed by atoms with Crippen molar-refractivity contribution in [2.75, 3.05) is 13.2 Å². The molecule has 0 amide bonds. The van der Waals surface area contributed by atoms with Crippen molar-refractivity contribution in [3.05, 3.63) is 97.2 Å². The first-order chi connectivity index (χ1) is 35.0. The van der Waals surface area contributed by atoms with Gasteiger partial charge in [-0.15, -0.1) is 0 Å². The molecule has 0 radical (unpaired) electrons. The molecule has 0 saturated carbocycles. The molecule has 0 N–H and O–H groups in total. The van der Waals surface area contributed by atoms with Gasteiger partial charge in [-0.1, -0.05) is 272 Å². The summed E-state index contributed by atoms with van der Waals surface area (Å²) >= 11 is 0. The smallest absolute Gasteiger partial charge is 0.306 e. The van der Waals surface area contributed by atoms with Crippen LogP contribution in [0.4, 0.5) is 0 Å². The Kier molecular flexibility index (Phi) is 55.9. The Morgan fingerprint density at radius 3 is 0.859 bits per heavy atom. The Morgan fingerprint density at radius 1 is 0.296 bits per heavy atom. The summed E-state index contributed by atoms with van der Waals surface area (Å²) in [6.45, 7) is 6.50. The Balaban J connectivity index is 4.37. The molecule has 6 heteroatoms. The lowest BCUT2D eigenvalue weighted by molar-refractivity contribution is -0.167. The highest BCUT2D eigenvalue weighted by atomic mass is 16.6. The summed E-state index contributed by atoms with van der Waals surface area (Å²) in [5, 5.41) is 0. The fraction of sp³-hybridized carbons (Fsp3) is 0.708. The van der Waals surface area contributed by atoms with Gasteiger partial charge >= 0.3 is 17.9 Å². The van der Waals surface area contributed by atoms with Gasteiger partial charge in [0, 0.05) is 19.3 Å². The molecule has 0 fully saturated rings. The predicted octanol–water partition coefficient (Wildman–Crippen LogP) is 20.1. The quantitative estimate of drug-likeness (QED) is 0.0261. The van der Waals surface area contributed by atoms with Crippen LogP contribution in [0.1, 0.15) is 278 Å². The highest BCUT2D eigenvalue weighted by molar-refractivity contribution is 5.71. The molecule has 0 aromatic rings. The van der Waals surface area contributed by atoms with Crippen molar-refractivity contribution in [1.82, 2.24) is 0 Å². The van der Waals surface area contributed by atoms with Gasteiger partial charge in [0.25, 0.3) is 0 Å². The molecular formula is C65H110O6. The molecule has 1 unspecified atom stereocenters. The Labute approximate surface area is 438 Å². The molecule has 0 aliphatic carbocycles. The maximum Gasteiger partial charge on any atom is 0.306 e. The lowest BCUT2D eigenvalue weighted by Crippen LogP contribution is -2.30. The minimum absolute atomic E-state index is 0.0879. The van der Waals surface area contributed by atoms with Crippen molar-refractivity contribution in [2.45, 2.75) is 284 Å². The monoisotopic (exact) mass is 987 g/mol. The predicted molar refractivity (Wildman–Crippen MR) is 307 cm³/mol. The van der Waals surface area contributed by atoms with Crippen LogP contribution in [0.15, 0.2) is 97.2 Å². The van der Waals surface area contributed by atoms with Crippen molar-refractivity contribution in [3.8, 4) is 0 Å². The zero-order chi connectivity index (χ0) is 51.4. The van der Waals surface area contributed by atoms with E-state index in [1.807, 2.05) is 0 Å². The first-order valence-electron chi connectivity index (χ1n) is 29.7. The molecule has 6 nitrogen and oxygen atoms in total. The average molecular weight is 988 g/mol. The van der Waals surface area contributed by atoms with E-state index < -0.39 is 6.10 Å². The van der Waals surface area contributed by atoms with Crippen LogP contribution in [0.5, 0.6) is 0 Å². The van der Waals surface area contributed by atoms with E-state index in [-0.39, 0.29) is 31.1 Å². The summed E-state index contributed by atoms with van der Waals surface area (Å²) in [6, 6.07) is 0. The summed E-state index contributed by atoms with van der Waals surface area (Å²) in [7, 11) is 0. The SMILES string of the molecule is CC/C=C\C/C=C\C/C=C\C/C=C\C/C=C\C/C=C\C/C=C\C/C=C\CCCCC(=O)OCC(COC(=O)CCCCCCCCCCCCC)OC(=O)CCCCCCCCCCCCCCCCC. The fourth-order valence-corrected chi connectivity index (χ4v) is 8.16. The lowest BCUT2D eigenvalue weighted by Gasteiger charge is -2.18. The van der Waals surface area contributed by atoms with Gasteiger partial charge in [0.15, 0.2) is 6.10 Å². The molecule has 1 atom stereocenters. The Bertz CT molecular complexity index is 1410. The summed E-state index contributed by atoms with van der Waals surface area (Å²) in [5.41, 5.74) is 0. The zero-order valence-electron chi connectivity index (χ0n) is 46.5. The van der Waals surface area contributed by atoms with Crippen LogP contribution in [-0.4, -0.2) is 37.2 Å². The summed E-state index contributed by atoms with van der Waals surface area (Å²) in [6.07, 6.45) is 78.3. The molecule has 406 valence electrons. The van der Waals surface area contributed by atoms with Crippen molar-refractivity contribution in [2.24, 2.45) is 0 Å². The second-order valence-corrected chi connectivity index (χ2v) is 19.5. The van der Waals surface area contributed by atoms with Gasteiger partial charge in [0.2, 0.25) is 0 Å². The molecule has 0 heterocycles. The van der Waals surface area contributed by atoms with Crippen molar-refractivity contribution >= 4 is 17.9 Å². The van der Waals surface area contributed by atoms with Crippen LogP contribution < -0.4 is 0 Å². The number of hydrogen-bond acceptors (Lipinski definition) is 6. The van der Waals surface area contributed by atoms with E-state index in [9.17, 15) is 14.4 Å². The van der Waals surface area contributed by atoms with Crippen LogP contribution >= 0.6 is 0 Å². The number of hydrogen-bond donors (Lipinski definition) is 0. The van der Waals surface area contributed by atoms with Gasteiger partial charge in [-0.3, -0.25) is 14.4 Å². The number of esters is 3. The van der Waals surface area contributed by atoms with Crippen LogP contribution in [0.25, 0.3) is 0 Å². The summed E-state index contributed by atoms with van der Waals surface area (Å²) in [4.78, 5) is 38.1. The van der Waals surface area contributed by atoms with E-state index in [4.69, 9.17) is 14.2 Å². The Morgan fingerprint density at radius 2 is 0.549 bits per heavy atom. The number of rotatable bonds is 53. The number of carbonyl (C=O) groups excluding carboxylic acids is 3. The Hall–Kier alpha value is -3.67. The van der Waals surface area contributed by atoms with Crippen LogP contribution in [0.3, 0.4) is 0 Å². The molecular weight excluding hydrogens is 877 g/mol. The molecule has 0 aromatic heterocycles. The molecule has 0 rings (SSSR count). The molecule has 71 heavy (non-hydrogen) atoms. The van der Waals surface area contributed by atoms with Crippen molar-refractivity contribution in [3.63, 3.8) is 0 Å². The minimum atomic E-state index is -0.792. The zero-order valence-corrected chi connectivity index (χ0v) is 46.5. The van der Waals surface area contributed by atoms with Crippen molar-refractivity contribution < 1.29 is 28.6 Å². The maximum absolute atomic E-state index is 12.8. The number of unbranched alkanes of at least 4 members (excludes halogenated alkanes) is 26. The van der Waals surface area contributed by atoms with Gasteiger partial charge in [0.05, 0.1) is 0 Å². The molecule has 0 bridgehead atoms. The first kappa shape index (κ1) is 67.3. The third-order valence-corrected chi connectivity index (χ3v) is 12.6. The fourth-order valence-electron chi connectivity index (χ4n) is 8.16. The van der Waals surface area contributed by atoms with E-state index in [1.165, 1.54) is 128 Å². The summed E-state index contributed by atoms with van der Waals surface area (Å²) in [5.74, 6) is -0.927. The average Bonchev–Trinajstić information content (AvgIpc) is 3.37. The number of ether oxygens (including phenoxy) is 3. The minimum Gasteiger partial charge on any atom is -0.462 e. The third-order valence-electron chi connectivity index (χ3n) is 12.6. The molecule has 0 spiro atoms. The van der Waals surface area contributed by atoms with Crippen LogP contribution in [0, 0.1) is 0 Å². The number of allylic oxidation sites excluding steroid dienone is 16. The largest absolute Gasteiger partial charge is 0.462 e. The molecule has 0 aromatic carbocycles. The van der Waals surface area contributed by atoms with Crippen LogP contribution in [0.2, 0.25) is 0 Å². The normalized spacial score (nSPS) is 12.8. The van der Waals surface area contributed by atoms with Gasteiger partial charge in [-0.05, 0) is 83.5 Å². The van der Waals surface area contributed by atoms with E-state index in [2.05, 4.69) is 118 Å². The van der Waals surface area contributed by atoms with Crippen molar-refractivity contribution in [1.29, 1.82) is 0 Å². The molecule has 0 saturated heterocycles. The van der Waals surface area contributed by atoms with Crippen LogP contribution in [-0.2, 0) is 28.6 Å².